The molecule has 14 heteroatoms. The Morgan fingerprint density at radius 3 is 2.08 bits per heavy atom. The van der Waals surface area contributed by atoms with Crippen molar-refractivity contribution in [3.05, 3.63) is 58.7 Å². The number of sulfonamides is 1. The summed E-state index contributed by atoms with van der Waals surface area (Å²) in [5.74, 6) is 0.416. The van der Waals surface area contributed by atoms with E-state index in [4.69, 9.17) is 4.74 Å². The number of ether oxygens (including phenoxy) is 1. The van der Waals surface area contributed by atoms with Gasteiger partial charge in [-0.1, -0.05) is 37.3 Å². The van der Waals surface area contributed by atoms with Crippen LogP contribution in [0.1, 0.15) is 54.9 Å². The van der Waals surface area contributed by atoms with Crippen LogP contribution in [-0.2, 0) is 32.4 Å². The molecule has 4 heterocycles. The summed E-state index contributed by atoms with van der Waals surface area (Å²) in [6.45, 7) is 12.1. The molecule has 4 aliphatic heterocycles. The van der Waals surface area contributed by atoms with E-state index in [0.717, 1.165) is 80.7 Å². The number of piperidine rings is 2. The van der Waals surface area contributed by atoms with Crippen LogP contribution in [0.2, 0.25) is 0 Å². The maximum absolute atomic E-state index is 13.0. The van der Waals surface area contributed by atoms with Gasteiger partial charge in [-0.15, -0.1) is 0 Å². The number of fused-ring (bicyclic) bond motifs is 1. The molecule has 13 nitrogen and oxygen atoms in total. The van der Waals surface area contributed by atoms with Gasteiger partial charge in [-0.3, -0.25) is 9.69 Å². The fourth-order valence-corrected chi connectivity index (χ4v) is 8.86. The topological polar surface area (TPSA) is 143 Å². The quantitative estimate of drug-likeness (QED) is 0.452. The van der Waals surface area contributed by atoms with Crippen molar-refractivity contribution in [1.29, 1.82) is 0 Å². The third-order valence-corrected chi connectivity index (χ3v) is 12.3. The Bertz CT molecular complexity index is 1660. The molecule has 4 aliphatic rings. The van der Waals surface area contributed by atoms with E-state index in [-0.39, 0.29) is 30.0 Å². The third kappa shape index (κ3) is 9.75. The molecule has 4 amide bonds. The molecule has 0 aromatic heterocycles. The molecule has 0 saturated carbocycles. The number of anilines is 1. The number of methoxy groups -OCH3 is 1. The number of carbonyl (C=O) groups excluding carboxylic acids is 3. The molecule has 3 fully saturated rings. The number of amides is 4. The molecule has 0 spiro atoms. The van der Waals surface area contributed by atoms with Crippen molar-refractivity contribution >= 4 is 33.7 Å². The maximum Gasteiger partial charge on any atom is 0.409 e. The first-order valence-electron chi connectivity index (χ1n) is 18.5. The second-order valence-electron chi connectivity index (χ2n) is 14.7. The van der Waals surface area contributed by atoms with Gasteiger partial charge in [0.2, 0.25) is 15.9 Å². The standard InChI is InChI=1S/C22H35N3O4S.C16H21N3O3/c1-16-13-19(14-17(2)21(16)26)15-18(3)22(27)24-11-9-23(10-12-24)20-5-7-25(8-6-20)30(4,28)29;1-22-16(21)18-9-7-13(8-10-18)19-11-6-12-4-2-3-5-14(12)17-15(19)20/h13-14,18,20,26H,5-12,15H2,1-4H3;2-5,13H,6-11H2,1H3,(H,17,20)/t18-;/m1./s1. The van der Waals surface area contributed by atoms with Gasteiger partial charge in [-0.25, -0.2) is 22.3 Å². The Balaban J connectivity index is 0.000000210. The van der Waals surface area contributed by atoms with Gasteiger partial charge in [0.05, 0.1) is 13.4 Å². The Morgan fingerprint density at radius 1 is 0.885 bits per heavy atom. The fraction of sp³-hybridized carbons (Fsp3) is 0.605. The van der Waals surface area contributed by atoms with Crippen LogP contribution in [0.3, 0.4) is 0 Å². The van der Waals surface area contributed by atoms with Crippen molar-refractivity contribution in [3.63, 3.8) is 0 Å². The number of nitrogens with one attached hydrogen (secondary N) is 1. The molecule has 52 heavy (non-hydrogen) atoms. The molecule has 2 aromatic carbocycles. The first-order chi connectivity index (χ1) is 24.7. The minimum atomic E-state index is -3.10. The number of benzene rings is 2. The van der Waals surface area contributed by atoms with E-state index in [9.17, 15) is 27.9 Å². The Morgan fingerprint density at radius 2 is 1.48 bits per heavy atom. The summed E-state index contributed by atoms with van der Waals surface area (Å²) in [6, 6.07) is 12.4. The van der Waals surface area contributed by atoms with Crippen molar-refractivity contribution in [2.24, 2.45) is 5.92 Å². The van der Waals surface area contributed by atoms with E-state index in [2.05, 4.69) is 16.3 Å². The highest BCUT2D eigenvalue weighted by molar-refractivity contribution is 7.88. The van der Waals surface area contributed by atoms with Gasteiger partial charge >= 0.3 is 12.1 Å². The number of piperazine rings is 1. The Kier molecular flexibility index (Phi) is 13.1. The first kappa shape index (κ1) is 39.3. The number of rotatable bonds is 6. The number of likely N-dealkylation sites (tertiary alicyclic amines) is 1. The van der Waals surface area contributed by atoms with E-state index in [1.165, 1.54) is 18.9 Å². The zero-order chi connectivity index (χ0) is 37.6. The molecule has 6 rings (SSSR count). The molecule has 1 atom stereocenters. The van der Waals surface area contributed by atoms with Gasteiger partial charge in [0.1, 0.15) is 5.75 Å². The number of nitrogens with zero attached hydrogens (tertiary/aromatic N) is 5. The zero-order valence-corrected chi connectivity index (χ0v) is 32.2. The number of phenolic OH excluding ortho intramolecular Hbond substituents is 1. The van der Waals surface area contributed by atoms with Crippen LogP contribution in [0.15, 0.2) is 36.4 Å². The van der Waals surface area contributed by atoms with E-state index in [0.29, 0.717) is 50.9 Å². The summed E-state index contributed by atoms with van der Waals surface area (Å²) in [6.07, 6.45) is 5.81. The smallest absolute Gasteiger partial charge is 0.409 e. The van der Waals surface area contributed by atoms with Crippen LogP contribution in [0.5, 0.6) is 5.75 Å². The lowest BCUT2D eigenvalue weighted by atomic mass is 9.96. The largest absolute Gasteiger partial charge is 0.507 e. The average molecular weight is 741 g/mol. The van der Waals surface area contributed by atoms with Crippen LogP contribution in [0.4, 0.5) is 15.3 Å². The van der Waals surface area contributed by atoms with Crippen molar-refractivity contribution < 1.29 is 32.6 Å². The highest BCUT2D eigenvalue weighted by atomic mass is 32.2. The molecule has 0 bridgehead atoms. The van der Waals surface area contributed by atoms with Gasteiger partial charge in [0.25, 0.3) is 0 Å². The van der Waals surface area contributed by atoms with E-state index >= 15 is 0 Å². The molecule has 2 aromatic rings. The van der Waals surface area contributed by atoms with E-state index in [1.807, 2.05) is 60.9 Å². The molecular formula is C38H56N6O7S. The zero-order valence-electron chi connectivity index (χ0n) is 31.3. The van der Waals surface area contributed by atoms with Gasteiger partial charge in [-0.2, -0.15) is 0 Å². The molecule has 0 unspecified atom stereocenters. The number of carbonyl (C=O) groups is 3. The highest BCUT2D eigenvalue weighted by Gasteiger charge is 2.33. The van der Waals surface area contributed by atoms with E-state index < -0.39 is 10.0 Å². The second kappa shape index (κ2) is 17.3. The van der Waals surface area contributed by atoms with Gasteiger partial charge in [0.15, 0.2) is 0 Å². The van der Waals surface area contributed by atoms with Crippen molar-refractivity contribution in [2.45, 2.75) is 71.4 Å². The number of hydrogen-bond donors (Lipinski definition) is 2. The second-order valence-corrected chi connectivity index (χ2v) is 16.6. The van der Waals surface area contributed by atoms with Gasteiger partial charge in [0, 0.05) is 82.6 Å². The summed E-state index contributed by atoms with van der Waals surface area (Å²) in [5.41, 5.74) is 4.85. The summed E-state index contributed by atoms with van der Waals surface area (Å²) < 4.78 is 29.7. The maximum atomic E-state index is 13.0. The number of urea groups is 1. The SMILES string of the molecule is COC(=O)N1CCC(N2CCc3ccccc3NC2=O)CC1.Cc1cc(C[C@@H](C)C(=O)N2CCN(C3CCN(S(C)(=O)=O)CC3)CC2)cc(C)c1O. The third-order valence-electron chi connectivity index (χ3n) is 11.0. The lowest BCUT2D eigenvalue weighted by Crippen LogP contribution is -2.55. The summed E-state index contributed by atoms with van der Waals surface area (Å²) >= 11 is 0. The van der Waals surface area contributed by atoms with Crippen LogP contribution < -0.4 is 5.32 Å². The van der Waals surface area contributed by atoms with Crippen LogP contribution in [0.25, 0.3) is 0 Å². The van der Waals surface area contributed by atoms with E-state index in [1.54, 1.807) is 9.21 Å². The van der Waals surface area contributed by atoms with Crippen molar-refractivity contribution in [3.8, 4) is 5.75 Å². The molecule has 2 N–H and O–H groups in total. The van der Waals surface area contributed by atoms with Crippen LogP contribution in [-0.4, -0.2) is 140 Å². The lowest BCUT2D eigenvalue weighted by Gasteiger charge is -2.42. The summed E-state index contributed by atoms with van der Waals surface area (Å²) in [4.78, 5) is 44.9. The molecule has 0 radical (unpaired) electrons. The number of aryl methyl sites for hydroxylation is 2. The molecular weight excluding hydrogens is 685 g/mol. The predicted octanol–water partition coefficient (Wildman–Crippen LogP) is 4.06. The van der Waals surface area contributed by atoms with Gasteiger partial charge < -0.3 is 29.9 Å². The number of aromatic hydroxyl groups is 1. The summed E-state index contributed by atoms with van der Waals surface area (Å²) in [7, 11) is -1.70. The monoisotopic (exact) mass is 740 g/mol. The Hall–Kier alpha value is -3.88. The molecule has 286 valence electrons. The minimum absolute atomic E-state index is 0.0403. The predicted molar refractivity (Wildman–Crippen MR) is 201 cm³/mol. The fourth-order valence-electron chi connectivity index (χ4n) is 7.99. The number of hydrogen-bond acceptors (Lipinski definition) is 8. The Labute approximate surface area is 308 Å². The van der Waals surface area contributed by atoms with Crippen molar-refractivity contribution in [2.75, 3.05) is 77.6 Å². The van der Waals surface area contributed by atoms with Crippen LogP contribution >= 0.6 is 0 Å². The normalized spacial score (nSPS) is 20.2. The lowest BCUT2D eigenvalue weighted by molar-refractivity contribution is -0.137. The van der Waals surface area contributed by atoms with Gasteiger partial charge in [-0.05, 0) is 80.7 Å². The molecule has 3 saturated heterocycles. The first-order valence-corrected chi connectivity index (χ1v) is 20.4. The highest BCUT2D eigenvalue weighted by Crippen LogP contribution is 2.27. The number of para-hydroxylation sites is 1. The molecule has 0 aliphatic carbocycles. The minimum Gasteiger partial charge on any atom is -0.507 e. The summed E-state index contributed by atoms with van der Waals surface area (Å²) in [5, 5.41) is 12.9. The average Bonchev–Trinajstić information content (AvgIpc) is 3.31. The van der Waals surface area contributed by atoms with Crippen LogP contribution in [0, 0.1) is 19.8 Å². The van der Waals surface area contributed by atoms with Crippen molar-refractivity contribution in [1.82, 2.24) is 23.9 Å². The number of phenols is 1.